The summed E-state index contributed by atoms with van der Waals surface area (Å²) in [5.74, 6) is -0.907. The fourth-order valence-electron chi connectivity index (χ4n) is 8.02. The minimum Gasteiger partial charge on any atom is -0.462 e. The van der Waals surface area contributed by atoms with Crippen LogP contribution in [0.2, 0.25) is 0 Å². The lowest BCUT2D eigenvalue weighted by molar-refractivity contribution is -0.167. The molecule has 0 aromatic carbocycles. The first kappa shape index (κ1) is 63.1. The molecule has 0 bridgehead atoms. The lowest BCUT2D eigenvalue weighted by Crippen LogP contribution is -2.30. The summed E-state index contributed by atoms with van der Waals surface area (Å²) in [6, 6.07) is 0. The second-order valence-electron chi connectivity index (χ2n) is 18.8. The average Bonchev–Trinajstić information content (AvgIpc) is 3.31. The van der Waals surface area contributed by atoms with E-state index in [0.29, 0.717) is 19.3 Å². The Bertz CT molecular complexity index is 1200. The SMILES string of the molecule is CC/C=C\C/C=C\C/C=C\C/C=C\CCCCCCC(=O)OC(COC(=O)CCCCCCC/C=C\CCCCC)COC(=O)CCCCCCCCCCCCCCCCCCCCC. The zero-order valence-corrected chi connectivity index (χ0v) is 43.7. The Kier molecular flexibility index (Phi) is 52.3. The molecular formula is C60H106O6. The van der Waals surface area contributed by atoms with Crippen molar-refractivity contribution in [1.29, 1.82) is 0 Å². The normalized spacial score (nSPS) is 12.5. The van der Waals surface area contributed by atoms with Crippen molar-refractivity contribution in [2.45, 2.75) is 290 Å². The number of esters is 3. The van der Waals surface area contributed by atoms with Crippen LogP contribution < -0.4 is 0 Å². The second kappa shape index (κ2) is 54.7. The standard InChI is InChI=1S/C60H106O6/c1-4-7-10-13-16-19-22-25-27-29-30-32-33-35-38-41-44-47-50-53-59(62)65-56-57(55-64-58(61)52-49-46-43-40-37-24-21-18-15-12-9-6-3)66-60(63)54-51-48-45-42-39-36-34-31-28-26-23-20-17-14-11-8-5-2/h8,11,17-18,20-21,26,28,34,36,57H,4-7,9-10,12-16,19,22-25,27,29-33,35,37-56H2,1-3H3/b11-8-,20-17-,21-18-,28-26-,36-34-. The Morgan fingerprint density at radius 1 is 0.318 bits per heavy atom. The summed E-state index contributed by atoms with van der Waals surface area (Å²) >= 11 is 0. The summed E-state index contributed by atoms with van der Waals surface area (Å²) in [7, 11) is 0. The molecule has 0 aromatic rings. The number of hydrogen-bond donors (Lipinski definition) is 0. The fourth-order valence-corrected chi connectivity index (χ4v) is 8.02. The predicted molar refractivity (Wildman–Crippen MR) is 284 cm³/mol. The van der Waals surface area contributed by atoms with Gasteiger partial charge in [0.25, 0.3) is 0 Å². The van der Waals surface area contributed by atoms with Crippen LogP contribution in [-0.4, -0.2) is 37.2 Å². The van der Waals surface area contributed by atoms with Crippen LogP contribution in [0.1, 0.15) is 284 Å². The molecule has 0 amide bonds. The number of unbranched alkanes of at least 4 members (excludes halogenated alkanes) is 30. The van der Waals surface area contributed by atoms with E-state index in [-0.39, 0.29) is 31.1 Å². The fraction of sp³-hybridized carbons (Fsp3) is 0.783. The van der Waals surface area contributed by atoms with E-state index in [0.717, 1.165) is 103 Å². The highest BCUT2D eigenvalue weighted by Gasteiger charge is 2.19. The quantitative estimate of drug-likeness (QED) is 0.0262. The van der Waals surface area contributed by atoms with Gasteiger partial charge in [-0.05, 0) is 83.5 Å². The van der Waals surface area contributed by atoms with Gasteiger partial charge in [0.15, 0.2) is 6.10 Å². The van der Waals surface area contributed by atoms with Crippen LogP contribution in [0.15, 0.2) is 60.8 Å². The van der Waals surface area contributed by atoms with Gasteiger partial charge in [-0.25, -0.2) is 0 Å². The van der Waals surface area contributed by atoms with E-state index in [4.69, 9.17) is 14.2 Å². The van der Waals surface area contributed by atoms with E-state index >= 15 is 0 Å². The highest BCUT2D eigenvalue weighted by Crippen LogP contribution is 2.16. The first-order valence-electron chi connectivity index (χ1n) is 28.3. The van der Waals surface area contributed by atoms with Crippen molar-refractivity contribution in [2.24, 2.45) is 0 Å². The molecule has 0 rings (SSSR count). The molecule has 0 heterocycles. The summed E-state index contributed by atoms with van der Waals surface area (Å²) in [6.45, 7) is 6.50. The highest BCUT2D eigenvalue weighted by atomic mass is 16.6. The smallest absolute Gasteiger partial charge is 0.306 e. The Balaban J connectivity index is 4.36. The van der Waals surface area contributed by atoms with Gasteiger partial charge in [0.05, 0.1) is 0 Å². The summed E-state index contributed by atoms with van der Waals surface area (Å²) in [4.78, 5) is 38.1. The van der Waals surface area contributed by atoms with Crippen molar-refractivity contribution >= 4 is 17.9 Å². The molecule has 0 saturated heterocycles. The zero-order chi connectivity index (χ0) is 47.9. The summed E-state index contributed by atoms with van der Waals surface area (Å²) in [5.41, 5.74) is 0. The van der Waals surface area contributed by atoms with Gasteiger partial charge < -0.3 is 14.2 Å². The molecule has 0 aliphatic rings. The number of allylic oxidation sites excluding steroid dienone is 10. The molecule has 0 aliphatic heterocycles. The largest absolute Gasteiger partial charge is 0.462 e. The Morgan fingerprint density at radius 2 is 0.591 bits per heavy atom. The van der Waals surface area contributed by atoms with Crippen LogP contribution in [0.5, 0.6) is 0 Å². The molecule has 6 heteroatoms. The van der Waals surface area contributed by atoms with E-state index in [1.807, 2.05) is 0 Å². The third-order valence-electron chi connectivity index (χ3n) is 12.3. The molecule has 0 fully saturated rings. The maximum atomic E-state index is 12.8. The molecule has 66 heavy (non-hydrogen) atoms. The van der Waals surface area contributed by atoms with E-state index in [9.17, 15) is 14.4 Å². The summed E-state index contributed by atoms with van der Waals surface area (Å²) < 4.78 is 16.8. The number of ether oxygens (including phenoxy) is 3. The monoisotopic (exact) mass is 923 g/mol. The van der Waals surface area contributed by atoms with E-state index in [1.54, 1.807) is 0 Å². The van der Waals surface area contributed by atoms with Gasteiger partial charge in [-0.15, -0.1) is 0 Å². The molecule has 0 spiro atoms. The Hall–Kier alpha value is -2.89. The van der Waals surface area contributed by atoms with Gasteiger partial charge in [0.1, 0.15) is 13.2 Å². The van der Waals surface area contributed by atoms with Crippen LogP contribution in [0.25, 0.3) is 0 Å². The third-order valence-corrected chi connectivity index (χ3v) is 12.3. The molecule has 0 saturated carbocycles. The molecule has 0 aliphatic carbocycles. The van der Waals surface area contributed by atoms with Gasteiger partial charge in [-0.2, -0.15) is 0 Å². The molecule has 0 N–H and O–H groups in total. The lowest BCUT2D eigenvalue weighted by atomic mass is 10.0. The lowest BCUT2D eigenvalue weighted by Gasteiger charge is -2.18. The van der Waals surface area contributed by atoms with Crippen LogP contribution >= 0.6 is 0 Å². The van der Waals surface area contributed by atoms with E-state index in [1.165, 1.54) is 141 Å². The first-order valence-corrected chi connectivity index (χ1v) is 28.3. The van der Waals surface area contributed by atoms with Crippen molar-refractivity contribution in [1.82, 2.24) is 0 Å². The molecular weight excluding hydrogens is 817 g/mol. The minimum absolute atomic E-state index is 0.0844. The van der Waals surface area contributed by atoms with Crippen LogP contribution in [0.3, 0.4) is 0 Å². The van der Waals surface area contributed by atoms with Crippen LogP contribution in [-0.2, 0) is 28.6 Å². The van der Waals surface area contributed by atoms with Gasteiger partial charge >= 0.3 is 17.9 Å². The zero-order valence-electron chi connectivity index (χ0n) is 43.7. The molecule has 1 atom stereocenters. The van der Waals surface area contributed by atoms with Crippen molar-refractivity contribution in [3.05, 3.63) is 60.8 Å². The maximum Gasteiger partial charge on any atom is 0.306 e. The maximum absolute atomic E-state index is 12.8. The summed E-state index contributed by atoms with van der Waals surface area (Å²) in [5, 5.41) is 0. The van der Waals surface area contributed by atoms with Crippen molar-refractivity contribution < 1.29 is 28.6 Å². The molecule has 6 nitrogen and oxygen atoms in total. The number of rotatable bonds is 51. The van der Waals surface area contributed by atoms with E-state index < -0.39 is 6.10 Å². The average molecular weight is 924 g/mol. The second-order valence-corrected chi connectivity index (χ2v) is 18.8. The van der Waals surface area contributed by atoms with Gasteiger partial charge in [0.2, 0.25) is 0 Å². The molecule has 0 radical (unpaired) electrons. The number of carbonyl (C=O) groups excluding carboxylic acids is 3. The molecule has 0 aromatic heterocycles. The van der Waals surface area contributed by atoms with Crippen LogP contribution in [0, 0.1) is 0 Å². The Morgan fingerprint density at radius 3 is 0.970 bits per heavy atom. The van der Waals surface area contributed by atoms with Crippen molar-refractivity contribution in [3.8, 4) is 0 Å². The molecule has 1 unspecified atom stereocenters. The van der Waals surface area contributed by atoms with Gasteiger partial charge in [-0.1, -0.05) is 242 Å². The van der Waals surface area contributed by atoms with Crippen molar-refractivity contribution in [3.63, 3.8) is 0 Å². The first-order chi connectivity index (χ1) is 32.5. The number of hydrogen-bond acceptors (Lipinski definition) is 6. The minimum atomic E-state index is -0.788. The van der Waals surface area contributed by atoms with E-state index in [2.05, 4.69) is 81.5 Å². The van der Waals surface area contributed by atoms with Gasteiger partial charge in [0, 0.05) is 19.3 Å². The highest BCUT2D eigenvalue weighted by molar-refractivity contribution is 5.71. The topological polar surface area (TPSA) is 78.9 Å². The summed E-state index contributed by atoms with van der Waals surface area (Å²) in [6.07, 6.45) is 67.8. The predicted octanol–water partition coefficient (Wildman–Crippen LogP) is 18.8. The third kappa shape index (κ3) is 52.1. The van der Waals surface area contributed by atoms with Crippen LogP contribution in [0.4, 0.5) is 0 Å². The number of carbonyl (C=O) groups is 3. The van der Waals surface area contributed by atoms with Crippen molar-refractivity contribution in [2.75, 3.05) is 13.2 Å². The van der Waals surface area contributed by atoms with Gasteiger partial charge in [-0.3, -0.25) is 14.4 Å². The Labute approximate surface area is 409 Å². The molecule has 382 valence electrons.